The standard InChI is InChI=1S/C13H20O3Si/c1-16-11-7-5-10(6-8-11)12(9-13(14)15)17(2,3)4/h5-8,12H,9H2,1-4H3,(H,14,15)/t12-/m1/s1. The van der Waals surface area contributed by atoms with Crippen LogP contribution in [0.5, 0.6) is 5.75 Å². The highest BCUT2D eigenvalue weighted by Crippen LogP contribution is 2.31. The van der Waals surface area contributed by atoms with E-state index in [4.69, 9.17) is 9.84 Å². The van der Waals surface area contributed by atoms with Crippen LogP contribution < -0.4 is 4.74 Å². The number of ether oxygens (including phenoxy) is 1. The summed E-state index contributed by atoms with van der Waals surface area (Å²) in [5.74, 6) is 0.0756. The van der Waals surface area contributed by atoms with E-state index in [1.54, 1.807) is 7.11 Å². The fourth-order valence-electron chi connectivity index (χ4n) is 1.93. The molecule has 1 atom stereocenters. The van der Waals surface area contributed by atoms with Crippen LogP contribution in [0.1, 0.15) is 17.5 Å². The molecular weight excluding hydrogens is 232 g/mol. The molecule has 0 saturated carbocycles. The van der Waals surface area contributed by atoms with E-state index in [2.05, 4.69) is 19.6 Å². The minimum atomic E-state index is -1.54. The van der Waals surface area contributed by atoms with Gasteiger partial charge in [-0.25, -0.2) is 0 Å². The molecule has 0 heterocycles. The van der Waals surface area contributed by atoms with E-state index in [9.17, 15) is 4.79 Å². The van der Waals surface area contributed by atoms with Crippen molar-refractivity contribution < 1.29 is 14.6 Å². The van der Waals surface area contributed by atoms with Gasteiger partial charge in [0.25, 0.3) is 0 Å². The van der Waals surface area contributed by atoms with Gasteiger partial charge in [0.05, 0.1) is 15.2 Å². The summed E-state index contributed by atoms with van der Waals surface area (Å²) < 4.78 is 5.11. The van der Waals surface area contributed by atoms with Gasteiger partial charge in [0.2, 0.25) is 0 Å². The summed E-state index contributed by atoms with van der Waals surface area (Å²) in [7, 11) is 0.0877. The molecule has 3 nitrogen and oxygen atoms in total. The summed E-state index contributed by atoms with van der Waals surface area (Å²) in [5.41, 5.74) is 1.25. The third-order valence-electron chi connectivity index (χ3n) is 2.94. The van der Waals surface area contributed by atoms with E-state index in [1.165, 1.54) is 0 Å². The predicted octanol–water partition coefficient (Wildman–Crippen LogP) is 3.13. The third-order valence-corrected chi connectivity index (χ3v) is 5.57. The minimum Gasteiger partial charge on any atom is -0.497 e. The molecule has 1 rings (SSSR count). The van der Waals surface area contributed by atoms with Crippen molar-refractivity contribution in [3.8, 4) is 5.75 Å². The smallest absolute Gasteiger partial charge is 0.303 e. The molecule has 1 aromatic carbocycles. The zero-order valence-electron chi connectivity index (χ0n) is 10.9. The zero-order chi connectivity index (χ0) is 13.1. The van der Waals surface area contributed by atoms with Gasteiger partial charge in [-0.3, -0.25) is 4.79 Å². The molecule has 17 heavy (non-hydrogen) atoms. The number of carboxylic acid groups (broad SMARTS) is 1. The van der Waals surface area contributed by atoms with Gasteiger partial charge in [-0.2, -0.15) is 0 Å². The van der Waals surface area contributed by atoms with Crippen molar-refractivity contribution in [1.82, 2.24) is 0 Å². The molecular formula is C13H20O3Si. The van der Waals surface area contributed by atoms with Gasteiger partial charge in [0.15, 0.2) is 0 Å². The number of carboxylic acids is 1. The van der Waals surface area contributed by atoms with E-state index in [-0.39, 0.29) is 12.0 Å². The molecule has 94 valence electrons. The number of hydrogen-bond donors (Lipinski definition) is 1. The highest BCUT2D eigenvalue weighted by molar-refractivity contribution is 6.77. The first-order valence-electron chi connectivity index (χ1n) is 5.70. The van der Waals surface area contributed by atoms with Gasteiger partial charge in [-0.1, -0.05) is 31.8 Å². The summed E-state index contributed by atoms with van der Waals surface area (Å²) in [5, 5.41) is 9.01. The monoisotopic (exact) mass is 252 g/mol. The average molecular weight is 252 g/mol. The summed E-state index contributed by atoms with van der Waals surface area (Å²) in [6.07, 6.45) is 0.210. The van der Waals surface area contributed by atoms with Crippen LogP contribution in [0.2, 0.25) is 19.6 Å². The maximum absolute atomic E-state index is 11.0. The number of benzene rings is 1. The van der Waals surface area contributed by atoms with Crippen LogP contribution in [-0.2, 0) is 4.79 Å². The van der Waals surface area contributed by atoms with E-state index < -0.39 is 14.0 Å². The van der Waals surface area contributed by atoms with Gasteiger partial charge in [-0.15, -0.1) is 0 Å². The Labute approximate surface area is 103 Å². The lowest BCUT2D eigenvalue weighted by Gasteiger charge is -2.28. The maximum Gasteiger partial charge on any atom is 0.303 e. The van der Waals surface area contributed by atoms with Crippen molar-refractivity contribution in [2.45, 2.75) is 31.6 Å². The largest absolute Gasteiger partial charge is 0.497 e. The van der Waals surface area contributed by atoms with Crippen molar-refractivity contribution in [3.63, 3.8) is 0 Å². The maximum atomic E-state index is 11.0. The quantitative estimate of drug-likeness (QED) is 0.819. The minimum absolute atomic E-state index is 0.144. The Morgan fingerprint density at radius 3 is 2.18 bits per heavy atom. The Morgan fingerprint density at radius 2 is 1.82 bits per heavy atom. The predicted molar refractivity (Wildman–Crippen MR) is 71.3 cm³/mol. The molecule has 0 aliphatic carbocycles. The van der Waals surface area contributed by atoms with E-state index >= 15 is 0 Å². The van der Waals surface area contributed by atoms with Crippen molar-refractivity contribution in [2.75, 3.05) is 7.11 Å². The molecule has 0 bridgehead atoms. The fraction of sp³-hybridized carbons (Fsp3) is 0.462. The summed E-state index contributed by atoms with van der Waals surface area (Å²) >= 11 is 0. The number of aliphatic carboxylic acids is 1. The second kappa shape index (κ2) is 5.36. The van der Waals surface area contributed by atoms with Crippen LogP contribution in [-0.4, -0.2) is 26.3 Å². The van der Waals surface area contributed by atoms with Gasteiger partial charge in [-0.05, 0) is 23.2 Å². The molecule has 0 fully saturated rings. The summed E-state index contributed by atoms with van der Waals surface area (Å²) in [6.45, 7) is 6.60. The topological polar surface area (TPSA) is 46.5 Å². The third kappa shape index (κ3) is 3.89. The molecule has 1 N–H and O–H groups in total. The van der Waals surface area contributed by atoms with Gasteiger partial charge < -0.3 is 9.84 Å². The van der Waals surface area contributed by atoms with Crippen LogP contribution in [0.3, 0.4) is 0 Å². The number of hydrogen-bond acceptors (Lipinski definition) is 2. The van der Waals surface area contributed by atoms with Gasteiger partial charge >= 0.3 is 5.97 Å². The number of methoxy groups -OCH3 is 1. The first kappa shape index (κ1) is 13.8. The van der Waals surface area contributed by atoms with Crippen molar-refractivity contribution in [1.29, 1.82) is 0 Å². The average Bonchev–Trinajstić information content (AvgIpc) is 2.24. The molecule has 0 amide bonds. The lowest BCUT2D eigenvalue weighted by Crippen LogP contribution is -2.32. The van der Waals surface area contributed by atoms with Crippen LogP contribution in [0.25, 0.3) is 0 Å². The summed E-state index contributed by atoms with van der Waals surface area (Å²) in [4.78, 5) is 11.0. The Kier molecular flexibility index (Phi) is 4.34. The number of carbonyl (C=O) groups is 1. The van der Waals surface area contributed by atoms with Gasteiger partial charge in [0.1, 0.15) is 5.75 Å². The fourth-order valence-corrected chi connectivity index (χ4v) is 3.91. The van der Waals surface area contributed by atoms with Crippen LogP contribution in [0.15, 0.2) is 24.3 Å². The van der Waals surface area contributed by atoms with Gasteiger partial charge in [0, 0.05) is 6.42 Å². The Morgan fingerprint density at radius 1 is 1.29 bits per heavy atom. The molecule has 0 radical (unpaired) electrons. The zero-order valence-corrected chi connectivity index (χ0v) is 11.9. The Bertz CT molecular complexity index is 379. The highest BCUT2D eigenvalue weighted by atomic mass is 28.3. The molecule has 0 unspecified atom stereocenters. The molecule has 4 heteroatoms. The second-order valence-corrected chi connectivity index (χ2v) is 10.7. The van der Waals surface area contributed by atoms with E-state index in [1.807, 2.05) is 24.3 Å². The molecule has 0 aliphatic heterocycles. The first-order chi connectivity index (χ1) is 7.84. The van der Waals surface area contributed by atoms with Crippen molar-refractivity contribution in [2.24, 2.45) is 0 Å². The molecule has 1 aromatic rings. The lowest BCUT2D eigenvalue weighted by molar-refractivity contribution is -0.137. The second-order valence-electron chi connectivity index (χ2n) is 5.29. The lowest BCUT2D eigenvalue weighted by atomic mass is 10.1. The van der Waals surface area contributed by atoms with E-state index in [0.717, 1.165) is 11.3 Å². The van der Waals surface area contributed by atoms with Crippen molar-refractivity contribution >= 4 is 14.0 Å². The van der Waals surface area contributed by atoms with Crippen LogP contribution in [0.4, 0.5) is 0 Å². The van der Waals surface area contributed by atoms with Crippen LogP contribution >= 0.6 is 0 Å². The molecule has 0 saturated heterocycles. The normalized spacial score (nSPS) is 13.2. The number of rotatable bonds is 5. The van der Waals surface area contributed by atoms with E-state index in [0.29, 0.717) is 0 Å². The Hall–Kier alpha value is -1.29. The highest BCUT2D eigenvalue weighted by Gasteiger charge is 2.30. The molecule has 0 aliphatic rings. The first-order valence-corrected chi connectivity index (χ1v) is 9.28. The van der Waals surface area contributed by atoms with Crippen LogP contribution in [0, 0.1) is 0 Å². The SMILES string of the molecule is COc1ccc([C@@H](CC(=O)O)[Si](C)(C)C)cc1. The summed E-state index contributed by atoms with van der Waals surface area (Å²) in [6, 6.07) is 7.74. The van der Waals surface area contributed by atoms with Crippen molar-refractivity contribution in [3.05, 3.63) is 29.8 Å². The molecule has 0 spiro atoms. The molecule has 0 aromatic heterocycles. The Balaban J connectivity index is 3.00.